The Morgan fingerprint density at radius 2 is 2.00 bits per heavy atom. The van der Waals surface area contributed by atoms with Gasteiger partial charge in [0.2, 0.25) is 0 Å². The van der Waals surface area contributed by atoms with Crippen LogP contribution in [-0.2, 0) is 0 Å². The Bertz CT molecular complexity index is 430. The van der Waals surface area contributed by atoms with E-state index in [0.717, 1.165) is 0 Å². The van der Waals surface area contributed by atoms with Gasteiger partial charge in [0.05, 0.1) is 4.92 Å². The van der Waals surface area contributed by atoms with Crippen LogP contribution in [0.3, 0.4) is 0 Å². The molecule has 0 saturated heterocycles. The number of rotatable bonds is 5. The average molecular weight is 236 g/mol. The third-order valence-electron chi connectivity index (χ3n) is 2.74. The summed E-state index contributed by atoms with van der Waals surface area (Å²) in [7, 11) is 0. The highest BCUT2D eigenvalue weighted by molar-refractivity contribution is 5.79. The molecule has 1 aromatic carbocycles. The first-order valence-corrected chi connectivity index (χ1v) is 5.46. The van der Waals surface area contributed by atoms with Crippen molar-refractivity contribution in [3.63, 3.8) is 0 Å². The number of nitrogens with one attached hydrogen (secondary N) is 1. The minimum Gasteiger partial charge on any atom is -0.377 e. The van der Waals surface area contributed by atoms with Gasteiger partial charge in [0.15, 0.2) is 0 Å². The van der Waals surface area contributed by atoms with Crippen LogP contribution < -0.4 is 5.32 Å². The molecular formula is C12H16N2O3. The average Bonchev–Trinajstić information content (AvgIpc) is 2.29. The lowest BCUT2D eigenvalue weighted by atomic mass is 10.1. The number of benzene rings is 1. The molecule has 0 aliphatic rings. The second-order valence-corrected chi connectivity index (χ2v) is 4.33. The maximum absolute atomic E-state index is 10.9. The van der Waals surface area contributed by atoms with Crippen LogP contribution in [0.15, 0.2) is 18.2 Å². The van der Waals surface area contributed by atoms with Crippen LogP contribution in [0.1, 0.15) is 31.1 Å². The van der Waals surface area contributed by atoms with Gasteiger partial charge in [-0.2, -0.15) is 0 Å². The molecular weight excluding hydrogens is 220 g/mol. The lowest BCUT2D eigenvalue weighted by molar-refractivity contribution is -0.384. The van der Waals surface area contributed by atoms with Gasteiger partial charge in [0, 0.05) is 17.7 Å². The fourth-order valence-electron chi connectivity index (χ4n) is 1.31. The molecule has 1 aromatic rings. The number of nitrogens with zero attached hydrogens (tertiary/aromatic N) is 1. The minimum atomic E-state index is -0.484. The minimum absolute atomic E-state index is 0.0675. The highest BCUT2D eigenvalue weighted by atomic mass is 16.6. The van der Waals surface area contributed by atoms with Crippen molar-refractivity contribution in [3.8, 4) is 0 Å². The van der Waals surface area contributed by atoms with Gasteiger partial charge in [-0.15, -0.1) is 0 Å². The Kier molecular flexibility index (Phi) is 4.20. The van der Waals surface area contributed by atoms with Gasteiger partial charge < -0.3 is 5.32 Å². The van der Waals surface area contributed by atoms with Crippen molar-refractivity contribution in [1.82, 2.24) is 0 Å². The highest BCUT2D eigenvalue weighted by Gasteiger charge is 2.17. The van der Waals surface area contributed by atoms with Gasteiger partial charge >= 0.3 is 0 Å². The summed E-state index contributed by atoms with van der Waals surface area (Å²) < 4.78 is 0. The van der Waals surface area contributed by atoms with E-state index in [4.69, 9.17) is 0 Å². The van der Waals surface area contributed by atoms with E-state index in [9.17, 15) is 14.9 Å². The van der Waals surface area contributed by atoms with Crippen LogP contribution >= 0.6 is 0 Å². The van der Waals surface area contributed by atoms with Gasteiger partial charge in [-0.25, -0.2) is 0 Å². The summed E-state index contributed by atoms with van der Waals surface area (Å²) in [6.07, 6.45) is 0.600. The summed E-state index contributed by atoms with van der Waals surface area (Å²) in [4.78, 5) is 21.0. The molecule has 0 aliphatic carbocycles. The lowest BCUT2D eigenvalue weighted by Crippen LogP contribution is -2.22. The third kappa shape index (κ3) is 3.27. The van der Waals surface area contributed by atoms with Crippen LogP contribution in [0.25, 0.3) is 0 Å². The van der Waals surface area contributed by atoms with Crippen molar-refractivity contribution in [2.75, 3.05) is 5.32 Å². The van der Waals surface area contributed by atoms with Crippen molar-refractivity contribution in [3.05, 3.63) is 33.9 Å². The molecule has 1 N–H and O–H groups in total. The van der Waals surface area contributed by atoms with Crippen molar-refractivity contribution in [2.45, 2.75) is 26.8 Å². The molecule has 0 aliphatic heterocycles. The van der Waals surface area contributed by atoms with Crippen LogP contribution in [0.2, 0.25) is 0 Å². The van der Waals surface area contributed by atoms with Gasteiger partial charge in [0.25, 0.3) is 5.69 Å². The largest absolute Gasteiger partial charge is 0.377 e. The molecule has 0 heterocycles. The molecule has 0 amide bonds. The smallest absolute Gasteiger partial charge is 0.293 e. The molecule has 0 bridgehead atoms. The molecule has 0 radical (unpaired) electrons. The number of hydrogen-bond acceptors (Lipinski definition) is 4. The van der Waals surface area contributed by atoms with E-state index < -0.39 is 4.92 Å². The third-order valence-corrected chi connectivity index (χ3v) is 2.74. The first-order chi connectivity index (χ1) is 7.95. The number of carbonyl (C=O) groups excluding carboxylic acids is 1. The number of carbonyl (C=O) groups is 1. The van der Waals surface area contributed by atoms with Gasteiger partial charge in [-0.05, 0) is 25.0 Å². The Balaban J connectivity index is 3.06. The molecule has 92 valence electrons. The second kappa shape index (κ2) is 5.43. The Labute approximate surface area is 100.0 Å². The molecule has 0 spiro atoms. The highest BCUT2D eigenvalue weighted by Crippen LogP contribution is 2.26. The van der Waals surface area contributed by atoms with Crippen LogP contribution in [0, 0.1) is 16.0 Å². The predicted octanol–water partition coefficient (Wildman–Crippen LogP) is 2.86. The summed E-state index contributed by atoms with van der Waals surface area (Å²) >= 11 is 0. The molecule has 5 nitrogen and oxygen atoms in total. The molecule has 1 atom stereocenters. The standard InChI is InChI=1S/C12H16N2O3/c1-8(2)9(3)13-11-5-4-10(7-15)6-12(11)14(16)17/h4-9,13H,1-3H3. The summed E-state index contributed by atoms with van der Waals surface area (Å²) in [5, 5.41) is 14.0. The maximum Gasteiger partial charge on any atom is 0.293 e. The van der Waals surface area contributed by atoms with Gasteiger partial charge in [-0.3, -0.25) is 14.9 Å². The fraction of sp³-hybridized carbons (Fsp3) is 0.417. The molecule has 1 rings (SSSR count). The Morgan fingerprint density at radius 1 is 1.35 bits per heavy atom. The quantitative estimate of drug-likeness (QED) is 0.484. The molecule has 0 fully saturated rings. The number of aldehydes is 1. The van der Waals surface area contributed by atoms with Crippen molar-refractivity contribution >= 4 is 17.7 Å². The van der Waals surface area contributed by atoms with Crippen molar-refractivity contribution < 1.29 is 9.72 Å². The molecule has 17 heavy (non-hydrogen) atoms. The van der Waals surface area contributed by atoms with E-state index in [1.54, 1.807) is 12.1 Å². The number of nitro benzene ring substituents is 1. The Hall–Kier alpha value is -1.91. The van der Waals surface area contributed by atoms with E-state index in [-0.39, 0.29) is 11.7 Å². The van der Waals surface area contributed by atoms with Crippen molar-refractivity contribution in [2.24, 2.45) is 5.92 Å². The first-order valence-electron chi connectivity index (χ1n) is 5.46. The number of nitro groups is 1. The van der Waals surface area contributed by atoms with E-state index >= 15 is 0 Å². The topological polar surface area (TPSA) is 72.2 Å². The summed E-state index contributed by atoms with van der Waals surface area (Å²) in [6, 6.07) is 4.54. The normalized spacial score (nSPS) is 12.2. The molecule has 0 aromatic heterocycles. The summed E-state index contributed by atoms with van der Waals surface area (Å²) in [5.41, 5.74) is 0.684. The van der Waals surface area contributed by atoms with Crippen LogP contribution in [0.5, 0.6) is 0 Å². The first kappa shape index (κ1) is 13.2. The molecule has 1 unspecified atom stereocenters. The molecule has 0 saturated carbocycles. The van der Waals surface area contributed by atoms with E-state index in [1.165, 1.54) is 6.07 Å². The monoisotopic (exact) mass is 236 g/mol. The zero-order valence-electron chi connectivity index (χ0n) is 10.1. The number of hydrogen-bond donors (Lipinski definition) is 1. The number of anilines is 1. The maximum atomic E-state index is 10.9. The van der Waals surface area contributed by atoms with E-state index in [1.807, 2.05) is 20.8 Å². The van der Waals surface area contributed by atoms with Crippen molar-refractivity contribution in [1.29, 1.82) is 0 Å². The Morgan fingerprint density at radius 3 is 2.47 bits per heavy atom. The van der Waals surface area contributed by atoms with E-state index in [0.29, 0.717) is 23.5 Å². The SMILES string of the molecule is CC(C)C(C)Nc1ccc(C=O)cc1[N+](=O)[O-]. The van der Waals surface area contributed by atoms with E-state index in [2.05, 4.69) is 5.32 Å². The van der Waals surface area contributed by atoms with Gasteiger partial charge in [-0.1, -0.05) is 13.8 Å². The summed E-state index contributed by atoms with van der Waals surface area (Å²) in [6.45, 7) is 6.02. The van der Waals surface area contributed by atoms with Crippen LogP contribution in [-0.4, -0.2) is 17.3 Å². The lowest BCUT2D eigenvalue weighted by Gasteiger charge is -2.18. The zero-order valence-corrected chi connectivity index (χ0v) is 10.1. The second-order valence-electron chi connectivity index (χ2n) is 4.33. The van der Waals surface area contributed by atoms with Crippen LogP contribution in [0.4, 0.5) is 11.4 Å². The van der Waals surface area contributed by atoms with Gasteiger partial charge in [0.1, 0.15) is 12.0 Å². The summed E-state index contributed by atoms with van der Waals surface area (Å²) in [5.74, 6) is 0.361. The molecule has 5 heteroatoms. The zero-order chi connectivity index (χ0) is 13.0. The predicted molar refractivity (Wildman–Crippen MR) is 66.4 cm³/mol. The fourth-order valence-corrected chi connectivity index (χ4v) is 1.31.